The Morgan fingerprint density at radius 2 is 1.83 bits per heavy atom. The van der Waals surface area contributed by atoms with Gasteiger partial charge in [-0.05, 0) is 24.6 Å². The van der Waals surface area contributed by atoms with Crippen molar-refractivity contribution in [3.63, 3.8) is 0 Å². The van der Waals surface area contributed by atoms with Crippen LogP contribution in [0.5, 0.6) is 0 Å². The van der Waals surface area contributed by atoms with Gasteiger partial charge in [0.2, 0.25) is 0 Å². The van der Waals surface area contributed by atoms with Crippen molar-refractivity contribution in [3.8, 4) is 11.1 Å². The zero-order valence-electron chi connectivity index (χ0n) is 13.9. The van der Waals surface area contributed by atoms with Crippen molar-refractivity contribution in [1.82, 2.24) is 0 Å². The first kappa shape index (κ1) is 17.4. The number of carbonyl (C=O) groups is 3. The van der Waals surface area contributed by atoms with E-state index >= 15 is 0 Å². The molecule has 0 saturated heterocycles. The number of para-hydroxylation sites is 1. The molecule has 0 saturated carbocycles. The number of ether oxygens (including phenoxy) is 1. The number of rotatable bonds is 6. The van der Waals surface area contributed by atoms with Crippen molar-refractivity contribution in [2.24, 2.45) is 0 Å². The summed E-state index contributed by atoms with van der Waals surface area (Å²) < 4.78 is 5.11. The van der Waals surface area contributed by atoms with Crippen LogP contribution in [0.1, 0.15) is 38.0 Å². The molecule has 0 aliphatic carbocycles. The molecule has 0 unspecified atom stereocenters. The van der Waals surface area contributed by atoms with Crippen LogP contribution in [0, 0.1) is 0 Å². The summed E-state index contributed by atoms with van der Waals surface area (Å²) in [5.74, 6) is -0.502. The van der Waals surface area contributed by atoms with E-state index < -0.39 is 5.97 Å². The van der Waals surface area contributed by atoms with Crippen molar-refractivity contribution < 1.29 is 19.1 Å². The quantitative estimate of drug-likeness (QED) is 0.603. The van der Waals surface area contributed by atoms with E-state index in [2.05, 4.69) is 0 Å². The molecule has 0 amide bonds. The summed E-state index contributed by atoms with van der Waals surface area (Å²) in [5.41, 5.74) is 3.26. The van der Waals surface area contributed by atoms with Crippen LogP contribution in [0.25, 0.3) is 11.1 Å². The van der Waals surface area contributed by atoms with E-state index in [-0.39, 0.29) is 6.61 Å². The number of benzene rings is 2. The third-order valence-corrected chi connectivity index (χ3v) is 3.61. The second-order valence-electron chi connectivity index (χ2n) is 5.40. The zero-order valence-corrected chi connectivity index (χ0v) is 13.9. The van der Waals surface area contributed by atoms with Crippen molar-refractivity contribution in [2.75, 3.05) is 25.6 Å². The van der Waals surface area contributed by atoms with Crippen LogP contribution in [0.3, 0.4) is 0 Å². The lowest BCUT2D eigenvalue weighted by molar-refractivity contribution is 0.0527. The third kappa shape index (κ3) is 3.35. The first-order valence-electron chi connectivity index (χ1n) is 7.55. The molecular weight excluding hydrogens is 306 g/mol. The van der Waals surface area contributed by atoms with Gasteiger partial charge < -0.3 is 9.64 Å². The summed E-state index contributed by atoms with van der Waals surface area (Å²) >= 11 is 0. The number of esters is 1. The summed E-state index contributed by atoms with van der Waals surface area (Å²) in [6.07, 6.45) is 1.46. The van der Waals surface area contributed by atoms with Gasteiger partial charge in [0.1, 0.15) is 6.29 Å². The number of hydrogen-bond acceptors (Lipinski definition) is 5. The highest BCUT2D eigenvalue weighted by molar-refractivity contribution is 6.02. The van der Waals surface area contributed by atoms with Gasteiger partial charge in [0.15, 0.2) is 6.29 Å². The van der Waals surface area contributed by atoms with Crippen molar-refractivity contribution >= 4 is 24.2 Å². The second-order valence-corrected chi connectivity index (χ2v) is 5.40. The fourth-order valence-electron chi connectivity index (χ4n) is 2.62. The van der Waals surface area contributed by atoms with Crippen LogP contribution in [0.4, 0.5) is 5.69 Å². The SMILES string of the molecule is CCOC(=O)c1cc(C=O)ccc1-c1cccc(C=O)c1N(C)C. The molecule has 0 aliphatic heterocycles. The lowest BCUT2D eigenvalue weighted by Crippen LogP contribution is -2.14. The molecule has 0 heterocycles. The van der Waals surface area contributed by atoms with Crippen LogP contribution in [0.2, 0.25) is 0 Å². The van der Waals surface area contributed by atoms with E-state index in [0.717, 1.165) is 11.8 Å². The minimum atomic E-state index is -0.502. The molecular formula is C19H19NO4. The Balaban J connectivity index is 2.75. The topological polar surface area (TPSA) is 63.7 Å². The van der Waals surface area contributed by atoms with Gasteiger partial charge in [-0.3, -0.25) is 9.59 Å². The Labute approximate surface area is 140 Å². The van der Waals surface area contributed by atoms with E-state index in [1.165, 1.54) is 6.07 Å². The summed E-state index contributed by atoms with van der Waals surface area (Å²) in [5, 5.41) is 0. The highest BCUT2D eigenvalue weighted by Crippen LogP contribution is 2.35. The van der Waals surface area contributed by atoms with E-state index in [9.17, 15) is 14.4 Å². The summed E-state index contributed by atoms with van der Waals surface area (Å²) in [7, 11) is 3.66. The van der Waals surface area contributed by atoms with Gasteiger partial charge >= 0.3 is 5.97 Å². The van der Waals surface area contributed by atoms with Crippen LogP contribution in [-0.2, 0) is 4.74 Å². The Morgan fingerprint density at radius 1 is 1.08 bits per heavy atom. The molecule has 0 N–H and O–H groups in total. The molecule has 24 heavy (non-hydrogen) atoms. The average Bonchev–Trinajstić information content (AvgIpc) is 2.60. The molecule has 0 radical (unpaired) electrons. The maximum Gasteiger partial charge on any atom is 0.338 e. The standard InChI is InChI=1S/C19H19NO4/c1-4-24-19(23)17-10-13(11-21)8-9-15(17)16-7-5-6-14(12-22)18(16)20(2)3/h5-12H,4H2,1-3H3. The maximum absolute atomic E-state index is 12.3. The molecule has 0 aromatic heterocycles. The molecule has 0 atom stereocenters. The van der Waals surface area contributed by atoms with Gasteiger partial charge in [-0.25, -0.2) is 4.79 Å². The molecule has 0 fully saturated rings. The van der Waals surface area contributed by atoms with Crippen LogP contribution >= 0.6 is 0 Å². The Morgan fingerprint density at radius 3 is 2.42 bits per heavy atom. The molecule has 0 spiro atoms. The summed E-state index contributed by atoms with van der Waals surface area (Å²) in [4.78, 5) is 36.6. The predicted molar refractivity (Wildman–Crippen MR) is 92.9 cm³/mol. The predicted octanol–water partition coefficient (Wildman–Crippen LogP) is 3.22. The first-order valence-corrected chi connectivity index (χ1v) is 7.55. The molecule has 2 rings (SSSR count). The zero-order chi connectivity index (χ0) is 17.7. The van der Waals surface area contributed by atoms with Gasteiger partial charge in [0.25, 0.3) is 0 Å². The lowest BCUT2D eigenvalue weighted by atomic mass is 9.94. The molecule has 2 aromatic carbocycles. The molecule has 2 aromatic rings. The minimum absolute atomic E-state index is 0.235. The molecule has 5 nitrogen and oxygen atoms in total. The number of hydrogen-bond donors (Lipinski definition) is 0. The van der Waals surface area contributed by atoms with Crippen LogP contribution in [0.15, 0.2) is 36.4 Å². The fraction of sp³-hybridized carbons (Fsp3) is 0.211. The summed E-state index contributed by atoms with van der Waals surface area (Å²) in [6.45, 7) is 1.96. The van der Waals surface area contributed by atoms with Crippen LogP contribution in [-0.4, -0.2) is 39.2 Å². The van der Waals surface area contributed by atoms with E-state index in [4.69, 9.17) is 4.74 Å². The Kier molecular flexibility index (Phi) is 5.47. The monoisotopic (exact) mass is 325 g/mol. The molecule has 124 valence electrons. The van der Waals surface area contributed by atoms with Crippen molar-refractivity contribution in [2.45, 2.75) is 6.92 Å². The number of carbonyl (C=O) groups excluding carboxylic acids is 3. The number of nitrogens with zero attached hydrogens (tertiary/aromatic N) is 1. The highest BCUT2D eigenvalue weighted by Gasteiger charge is 2.19. The van der Waals surface area contributed by atoms with E-state index in [0.29, 0.717) is 34.2 Å². The molecule has 0 aliphatic rings. The Hall–Kier alpha value is -2.95. The lowest BCUT2D eigenvalue weighted by Gasteiger charge is -2.21. The average molecular weight is 325 g/mol. The largest absolute Gasteiger partial charge is 0.462 e. The molecule has 5 heteroatoms. The van der Waals surface area contributed by atoms with Crippen molar-refractivity contribution in [1.29, 1.82) is 0 Å². The van der Waals surface area contributed by atoms with E-state index in [1.807, 2.05) is 25.1 Å². The van der Waals surface area contributed by atoms with Gasteiger partial charge in [0, 0.05) is 30.8 Å². The van der Waals surface area contributed by atoms with Crippen molar-refractivity contribution in [3.05, 3.63) is 53.1 Å². The minimum Gasteiger partial charge on any atom is -0.462 e. The van der Waals surface area contributed by atoms with Gasteiger partial charge in [-0.2, -0.15) is 0 Å². The third-order valence-electron chi connectivity index (χ3n) is 3.61. The molecule has 0 bridgehead atoms. The smallest absolute Gasteiger partial charge is 0.338 e. The normalized spacial score (nSPS) is 10.1. The fourth-order valence-corrected chi connectivity index (χ4v) is 2.62. The highest BCUT2D eigenvalue weighted by atomic mass is 16.5. The van der Waals surface area contributed by atoms with E-state index in [1.54, 1.807) is 31.2 Å². The number of aldehydes is 2. The second kappa shape index (κ2) is 7.55. The van der Waals surface area contributed by atoms with Crippen LogP contribution < -0.4 is 4.90 Å². The van der Waals surface area contributed by atoms with Gasteiger partial charge in [-0.15, -0.1) is 0 Å². The Bertz CT molecular complexity index is 781. The maximum atomic E-state index is 12.3. The first-order chi connectivity index (χ1) is 11.5. The summed E-state index contributed by atoms with van der Waals surface area (Å²) in [6, 6.07) is 10.2. The van der Waals surface area contributed by atoms with Gasteiger partial charge in [0.05, 0.1) is 17.9 Å². The van der Waals surface area contributed by atoms with Gasteiger partial charge in [-0.1, -0.05) is 24.3 Å². The number of anilines is 1.